The quantitative estimate of drug-likeness (QED) is 0.885. The number of nitrogens with one attached hydrogen (secondary N) is 2. The minimum absolute atomic E-state index is 0.152. The Balaban J connectivity index is 2.04. The Labute approximate surface area is 130 Å². The second-order valence-electron chi connectivity index (χ2n) is 5.11. The number of carbonyl (C=O) groups is 1. The third-order valence-corrected chi connectivity index (χ3v) is 3.09. The van der Waals surface area contributed by atoms with Crippen molar-refractivity contribution in [3.05, 3.63) is 46.8 Å². The molecule has 0 radical (unpaired) electrons. The first-order valence-electron chi connectivity index (χ1n) is 6.86. The zero-order valence-electron chi connectivity index (χ0n) is 12.6. The lowest BCUT2D eigenvalue weighted by Crippen LogP contribution is -2.33. The second-order valence-corrected chi connectivity index (χ2v) is 5.11. The van der Waals surface area contributed by atoms with Gasteiger partial charge >= 0.3 is 6.18 Å². The number of hydrogen-bond donors (Lipinski definition) is 2. The van der Waals surface area contributed by atoms with E-state index < -0.39 is 18.6 Å². The molecule has 1 aromatic carbocycles. The fourth-order valence-corrected chi connectivity index (χ4v) is 1.92. The summed E-state index contributed by atoms with van der Waals surface area (Å²) in [6.07, 6.45) is -4.44. The fourth-order valence-electron chi connectivity index (χ4n) is 1.92. The highest BCUT2D eigenvalue weighted by Gasteiger charge is 2.27. The molecular formula is C15H16F3N3O2. The van der Waals surface area contributed by atoms with Crippen LogP contribution in [-0.2, 0) is 6.54 Å². The topological polar surface area (TPSA) is 67.2 Å². The van der Waals surface area contributed by atoms with E-state index in [1.165, 1.54) is 12.1 Å². The lowest BCUT2D eigenvalue weighted by molar-refractivity contribution is -0.123. The standard InChI is InChI=1S/C15H16F3N3O2/c1-9-3-4-11(14(22)20-8-15(16,17)18)6-13(9)19-7-12-5-10(2)23-21-12/h3-6,19H,7-8H2,1-2H3,(H,20,22). The average molecular weight is 327 g/mol. The smallest absolute Gasteiger partial charge is 0.379 e. The minimum Gasteiger partial charge on any atom is -0.379 e. The highest BCUT2D eigenvalue weighted by atomic mass is 19.4. The number of hydrogen-bond acceptors (Lipinski definition) is 4. The molecule has 2 N–H and O–H groups in total. The molecule has 0 aliphatic carbocycles. The molecule has 0 saturated heterocycles. The van der Waals surface area contributed by atoms with Gasteiger partial charge in [-0.1, -0.05) is 11.2 Å². The molecule has 5 nitrogen and oxygen atoms in total. The first kappa shape index (κ1) is 16.9. The third-order valence-electron chi connectivity index (χ3n) is 3.09. The SMILES string of the molecule is Cc1cc(CNc2cc(C(=O)NCC(F)(F)F)ccc2C)no1. The predicted molar refractivity (Wildman–Crippen MR) is 78.1 cm³/mol. The van der Waals surface area contributed by atoms with Crippen LogP contribution in [0.15, 0.2) is 28.8 Å². The van der Waals surface area contributed by atoms with E-state index in [1.54, 1.807) is 19.1 Å². The molecule has 2 aromatic rings. The zero-order valence-corrected chi connectivity index (χ0v) is 12.6. The van der Waals surface area contributed by atoms with E-state index in [1.807, 2.05) is 12.2 Å². The van der Waals surface area contributed by atoms with E-state index in [9.17, 15) is 18.0 Å². The van der Waals surface area contributed by atoms with Crippen LogP contribution in [0.3, 0.4) is 0 Å². The van der Waals surface area contributed by atoms with Crippen LogP contribution in [0.2, 0.25) is 0 Å². The van der Waals surface area contributed by atoms with Gasteiger partial charge in [0.05, 0.1) is 6.54 Å². The van der Waals surface area contributed by atoms with Gasteiger partial charge in [0.2, 0.25) is 0 Å². The average Bonchev–Trinajstić information content (AvgIpc) is 2.89. The maximum absolute atomic E-state index is 12.1. The van der Waals surface area contributed by atoms with Crippen LogP contribution in [0.25, 0.3) is 0 Å². The van der Waals surface area contributed by atoms with Crippen molar-refractivity contribution in [2.45, 2.75) is 26.6 Å². The number of benzene rings is 1. The van der Waals surface area contributed by atoms with Gasteiger partial charge in [0.1, 0.15) is 18.0 Å². The van der Waals surface area contributed by atoms with Crippen LogP contribution in [0, 0.1) is 13.8 Å². The van der Waals surface area contributed by atoms with Crippen LogP contribution >= 0.6 is 0 Å². The van der Waals surface area contributed by atoms with Crippen molar-refractivity contribution >= 4 is 11.6 Å². The van der Waals surface area contributed by atoms with Crippen molar-refractivity contribution in [3.8, 4) is 0 Å². The molecule has 1 heterocycles. The van der Waals surface area contributed by atoms with Gasteiger partial charge in [-0.2, -0.15) is 13.2 Å². The summed E-state index contributed by atoms with van der Waals surface area (Å²) < 4.78 is 41.4. The van der Waals surface area contributed by atoms with E-state index >= 15 is 0 Å². The van der Waals surface area contributed by atoms with Gasteiger partial charge in [0.15, 0.2) is 0 Å². The molecule has 1 amide bonds. The number of nitrogens with zero attached hydrogens (tertiary/aromatic N) is 1. The molecule has 124 valence electrons. The first-order chi connectivity index (χ1) is 10.7. The van der Waals surface area contributed by atoms with Crippen molar-refractivity contribution < 1.29 is 22.5 Å². The molecule has 1 aromatic heterocycles. The Morgan fingerprint density at radius 2 is 2.00 bits per heavy atom. The number of anilines is 1. The molecule has 0 bridgehead atoms. The van der Waals surface area contributed by atoms with Gasteiger partial charge in [0.25, 0.3) is 5.91 Å². The molecule has 0 saturated carbocycles. The molecule has 0 atom stereocenters. The summed E-state index contributed by atoms with van der Waals surface area (Å²) in [6, 6.07) is 6.42. The Morgan fingerprint density at radius 3 is 2.61 bits per heavy atom. The molecule has 0 aliphatic rings. The van der Waals surface area contributed by atoms with Crippen LogP contribution in [0.1, 0.15) is 27.4 Å². The number of alkyl halides is 3. The Hall–Kier alpha value is -2.51. The molecule has 8 heteroatoms. The van der Waals surface area contributed by atoms with Crippen LogP contribution in [0.4, 0.5) is 18.9 Å². The molecule has 0 unspecified atom stereocenters. The van der Waals surface area contributed by atoms with Crippen molar-refractivity contribution in [2.24, 2.45) is 0 Å². The maximum atomic E-state index is 12.1. The van der Waals surface area contributed by atoms with Gasteiger partial charge in [-0.3, -0.25) is 4.79 Å². The molecule has 2 rings (SSSR count). The largest absolute Gasteiger partial charge is 0.405 e. The Bertz CT molecular complexity index is 696. The Kier molecular flexibility index (Phi) is 4.92. The highest BCUT2D eigenvalue weighted by Crippen LogP contribution is 2.19. The van der Waals surface area contributed by atoms with Gasteiger partial charge in [-0.25, -0.2) is 0 Å². The normalized spacial score (nSPS) is 11.3. The number of halogens is 3. The monoisotopic (exact) mass is 327 g/mol. The number of amides is 1. The maximum Gasteiger partial charge on any atom is 0.405 e. The van der Waals surface area contributed by atoms with E-state index in [-0.39, 0.29) is 5.56 Å². The first-order valence-corrected chi connectivity index (χ1v) is 6.86. The second kappa shape index (κ2) is 6.72. The number of rotatable bonds is 5. The summed E-state index contributed by atoms with van der Waals surface area (Å²) in [7, 11) is 0. The van der Waals surface area contributed by atoms with Crippen LogP contribution < -0.4 is 10.6 Å². The molecule has 0 aliphatic heterocycles. The van der Waals surface area contributed by atoms with Crippen molar-refractivity contribution in [1.29, 1.82) is 0 Å². The van der Waals surface area contributed by atoms with Gasteiger partial charge in [-0.15, -0.1) is 0 Å². The summed E-state index contributed by atoms with van der Waals surface area (Å²) in [5.41, 5.74) is 2.34. The minimum atomic E-state index is -4.44. The highest BCUT2D eigenvalue weighted by molar-refractivity contribution is 5.95. The summed E-state index contributed by atoms with van der Waals surface area (Å²) in [4.78, 5) is 11.8. The molecule has 0 fully saturated rings. The number of aryl methyl sites for hydroxylation is 2. The number of carbonyl (C=O) groups excluding carboxylic acids is 1. The molecule has 0 spiro atoms. The van der Waals surface area contributed by atoms with E-state index in [0.29, 0.717) is 23.7 Å². The fraction of sp³-hybridized carbons (Fsp3) is 0.333. The summed E-state index contributed by atoms with van der Waals surface area (Å²) in [5, 5.41) is 8.76. The van der Waals surface area contributed by atoms with E-state index in [4.69, 9.17) is 4.52 Å². The zero-order chi connectivity index (χ0) is 17.0. The van der Waals surface area contributed by atoms with Crippen molar-refractivity contribution in [2.75, 3.05) is 11.9 Å². The van der Waals surface area contributed by atoms with E-state index in [2.05, 4.69) is 10.5 Å². The lowest BCUT2D eigenvalue weighted by Gasteiger charge is -2.12. The van der Waals surface area contributed by atoms with E-state index in [0.717, 1.165) is 5.56 Å². The van der Waals surface area contributed by atoms with Crippen molar-refractivity contribution in [1.82, 2.24) is 10.5 Å². The summed E-state index contributed by atoms with van der Waals surface area (Å²) in [5.74, 6) is -0.0959. The molecule has 23 heavy (non-hydrogen) atoms. The van der Waals surface area contributed by atoms with Gasteiger partial charge in [-0.05, 0) is 31.5 Å². The van der Waals surface area contributed by atoms with Crippen LogP contribution in [0.5, 0.6) is 0 Å². The number of aromatic nitrogens is 1. The van der Waals surface area contributed by atoms with Gasteiger partial charge in [0, 0.05) is 17.3 Å². The van der Waals surface area contributed by atoms with Gasteiger partial charge < -0.3 is 15.2 Å². The Morgan fingerprint density at radius 1 is 1.26 bits per heavy atom. The predicted octanol–water partition coefficient (Wildman–Crippen LogP) is 3.20. The molecular weight excluding hydrogens is 311 g/mol. The summed E-state index contributed by atoms with van der Waals surface area (Å²) in [6.45, 7) is 2.62. The summed E-state index contributed by atoms with van der Waals surface area (Å²) >= 11 is 0. The lowest BCUT2D eigenvalue weighted by atomic mass is 10.1. The van der Waals surface area contributed by atoms with Crippen molar-refractivity contribution in [3.63, 3.8) is 0 Å². The van der Waals surface area contributed by atoms with Crippen LogP contribution in [-0.4, -0.2) is 23.8 Å². The third kappa shape index (κ3) is 5.01.